The number of thiophene rings is 1. The molecule has 0 amide bonds. The fourth-order valence-electron chi connectivity index (χ4n) is 1.92. The van der Waals surface area contributed by atoms with Crippen LogP contribution >= 0.6 is 27.3 Å². The monoisotopic (exact) mass is 379 g/mol. The molecule has 0 aliphatic rings. The van der Waals surface area contributed by atoms with Crippen LogP contribution in [0.15, 0.2) is 40.2 Å². The highest BCUT2D eigenvalue weighted by molar-refractivity contribution is 9.11. The molecule has 2 aromatic rings. The largest absolute Gasteiger partial charge is 0.573 e. The molecule has 1 N–H and O–H groups in total. The smallest absolute Gasteiger partial charge is 0.406 e. The van der Waals surface area contributed by atoms with Crippen LogP contribution < -0.4 is 10.1 Å². The molecule has 0 fully saturated rings. The Morgan fingerprint density at radius 3 is 2.33 bits per heavy atom. The molecule has 0 saturated carbocycles. The van der Waals surface area contributed by atoms with Crippen molar-refractivity contribution >= 4 is 27.3 Å². The van der Waals surface area contributed by atoms with E-state index in [1.54, 1.807) is 23.5 Å². The van der Waals surface area contributed by atoms with Gasteiger partial charge in [-0.05, 0) is 59.2 Å². The van der Waals surface area contributed by atoms with Crippen molar-refractivity contribution in [3.05, 3.63) is 50.6 Å². The third kappa shape index (κ3) is 5.01. The van der Waals surface area contributed by atoms with Crippen molar-refractivity contribution < 1.29 is 17.9 Å². The highest BCUT2D eigenvalue weighted by Crippen LogP contribution is 2.30. The number of hydrogen-bond acceptors (Lipinski definition) is 3. The Labute approximate surface area is 133 Å². The zero-order valence-electron chi connectivity index (χ0n) is 11.1. The van der Waals surface area contributed by atoms with E-state index in [9.17, 15) is 13.2 Å². The number of ether oxygens (including phenoxy) is 1. The van der Waals surface area contributed by atoms with Crippen molar-refractivity contribution in [1.82, 2.24) is 5.32 Å². The van der Waals surface area contributed by atoms with Gasteiger partial charge in [-0.1, -0.05) is 12.1 Å². The molecule has 114 valence electrons. The number of hydrogen-bond donors (Lipinski definition) is 1. The Kier molecular flexibility index (Phi) is 5.29. The lowest BCUT2D eigenvalue weighted by Gasteiger charge is -2.15. The summed E-state index contributed by atoms with van der Waals surface area (Å²) in [4.78, 5) is 1.17. The molecular weight excluding hydrogens is 367 g/mol. The molecule has 1 unspecified atom stereocenters. The lowest BCUT2D eigenvalue weighted by molar-refractivity contribution is -0.274. The molecule has 1 heterocycles. The van der Waals surface area contributed by atoms with Crippen LogP contribution in [0.5, 0.6) is 5.75 Å². The van der Waals surface area contributed by atoms with E-state index >= 15 is 0 Å². The second kappa shape index (κ2) is 6.81. The molecule has 1 atom stereocenters. The highest BCUT2D eigenvalue weighted by Gasteiger charge is 2.30. The van der Waals surface area contributed by atoms with Crippen molar-refractivity contribution in [2.45, 2.75) is 18.8 Å². The molecule has 7 heteroatoms. The fourth-order valence-corrected chi connectivity index (χ4v) is 3.46. The highest BCUT2D eigenvalue weighted by atomic mass is 79.9. The molecule has 21 heavy (non-hydrogen) atoms. The van der Waals surface area contributed by atoms with Crippen LogP contribution in [0, 0.1) is 0 Å². The van der Waals surface area contributed by atoms with Crippen LogP contribution in [-0.2, 0) is 6.42 Å². The maximum atomic E-state index is 12.1. The van der Waals surface area contributed by atoms with Crippen molar-refractivity contribution in [2.24, 2.45) is 0 Å². The Bertz CT molecular complexity index is 583. The number of alkyl halides is 3. The fraction of sp³-hybridized carbons (Fsp3) is 0.286. The molecular formula is C14H13BrF3NOS. The van der Waals surface area contributed by atoms with E-state index in [2.05, 4.69) is 26.0 Å². The third-order valence-corrected chi connectivity index (χ3v) is 4.62. The quantitative estimate of drug-likeness (QED) is 0.796. The second-order valence-corrected chi connectivity index (χ2v) is 6.87. The zero-order chi connectivity index (χ0) is 15.5. The molecule has 0 bridgehead atoms. The third-order valence-electron chi connectivity index (χ3n) is 2.88. The first-order valence-corrected chi connectivity index (χ1v) is 7.75. The Balaban J connectivity index is 2.05. The molecule has 0 aliphatic heterocycles. The van der Waals surface area contributed by atoms with Gasteiger partial charge in [0.05, 0.1) is 3.79 Å². The molecule has 0 spiro atoms. The SMILES string of the molecule is CNC(Cc1ccc(OC(F)(F)F)cc1)c1ccc(Br)s1. The minimum absolute atomic E-state index is 0.121. The van der Waals surface area contributed by atoms with Crippen molar-refractivity contribution in [2.75, 3.05) is 7.05 Å². The summed E-state index contributed by atoms with van der Waals surface area (Å²) in [5, 5.41) is 3.21. The van der Waals surface area contributed by atoms with Crippen LogP contribution in [0.2, 0.25) is 0 Å². The lowest BCUT2D eigenvalue weighted by Crippen LogP contribution is -2.18. The van der Waals surface area contributed by atoms with Gasteiger partial charge in [-0.25, -0.2) is 0 Å². The van der Waals surface area contributed by atoms with Gasteiger partial charge in [0, 0.05) is 10.9 Å². The van der Waals surface area contributed by atoms with Gasteiger partial charge < -0.3 is 10.1 Å². The van der Waals surface area contributed by atoms with E-state index in [0.717, 1.165) is 9.35 Å². The molecule has 2 nitrogen and oxygen atoms in total. The van der Waals surface area contributed by atoms with Crippen LogP contribution in [0.1, 0.15) is 16.5 Å². The van der Waals surface area contributed by atoms with Crippen LogP contribution in [0.4, 0.5) is 13.2 Å². The predicted molar refractivity (Wildman–Crippen MR) is 80.6 cm³/mol. The Hall–Kier alpha value is -1.05. The lowest BCUT2D eigenvalue weighted by atomic mass is 10.0. The average Bonchev–Trinajstić information content (AvgIpc) is 2.82. The summed E-state index contributed by atoms with van der Waals surface area (Å²) >= 11 is 5.05. The van der Waals surface area contributed by atoms with E-state index in [1.165, 1.54) is 17.0 Å². The molecule has 2 rings (SSSR count). The average molecular weight is 380 g/mol. The predicted octanol–water partition coefficient (Wildman–Crippen LogP) is 4.91. The Morgan fingerprint density at radius 2 is 1.86 bits per heavy atom. The molecule has 1 aromatic heterocycles. The van der Waals surface area contributed by atoms with Gasteiger partial charge in [-0.2, -0.15) is 0 Å². The summed E-state index contributed by atoms with van der Waals surface area (Å²) < 4.78 is 41.2. The zero-order valence-corrected chi connectivity index (χ0v) is 13.5. The first-order chi connectivity index (χ1) is 9.87. The van der Waals surface area contributed by atoms with Gasteiger partial charge in [0.1, 0.15) is 5.75 Å². The van der Waals surface area contributed by atoms with E-state index < -0.39 is 6.36 Å². The van der Waals surface area contributed by atoms with E-state index in [-0.39, 0.29) is 11.8 Å². The molecule has 1 aromatic carbocycles. The van der Waals surface area contributed by atoms with Crippen LogP contribution in [0.25, 0.3) is 0 Å². The van der Waals surface area contributed by atoms with E-state index in [4.69, 9.17) is 0 Å². The summed E-state index contributed by atoms with van der Waals surface area (Å²) in [5.41, 5.74) is 0.938. The number of likely N-dealkylation sites (N-methyl/N-ethyl adjacent to an activating group) is 1. The van der Waals surface area contributed by atoms with Gasteiger partial charge in [0.2, 0.25) is 0 Å². The van der Waals surface area contributed by atoms with Crippen molar-refractivity contribution in [3.8, 4) is 5.75 Å². The van der Waals surface area contributed by atoms with Gasteiger partial charge in [-0.3, -0.25) is 0 Å². The summed E-state index contributed by atoms with van der Waals surface area (Å²) in [6.07, 6.45) is -3.96. The van der Waals surface area contributed by atoms with Crippen molar-refractivity contribution in [1.29, 1.82) is 0 Å². The minimum atomic E-state index is -4.65. The second-order valence-electron chi connectivity index (χ2n) is 4.38. The maximum absolute atomic E-state index is 12.1. The minimum Gasteiger partial charge on any atom is -0.406 e. The van der Waals surface area contributed by atoms with Crippen LogP contribution in [-0.4, -0.2) is 13.4 Å². The summed E-state index contributed by atoms with van der Waals surface area (Å²) in [6.45, 7) is 0. The van der Waals surface area contributed by atoms with Gasteiger partial charge >= 0.3 is 6.36 Å². The first kappa shape index (κ1) is 16.3. The molecule has 0 saturated heterocycles. The van der Waals surface area contributed by atoms with Gasteiger partial charge in [0.15, 0.2) is 0 Å². The standard InChI is InChI=1S/C14H13BrF3NOS/c1-19-11(12-6-7-13(15)21-12)8-9-2-4-10(5-3-9)20-14(16,17)18/h2-7,11,19H,8H2,1H3. The Morgan fingerprint density at radius 1 is 1.19 bits per heavy atom. The molecule has 0 radical (unpaired) electrons. The maximum Gasteiger partial charge on any atom is 0.573 e. The van der Waals surface area contributed by atoms with Gasteiger partial charge in [0.25, 0.3) is 0 Å². The summed E-state index contributed by atoms with van der Waals surface area (Å²) in [5.74, 6) is -0.203. The number of rotatable bonds is 5. The van der Waals surface area contributed by atoms with Gasteiger partial charge in [-0.15, -0.1) is 24.5 Å². The molecule has 0 aliphatic carbocycles. The van der Waals surface area contributed by atoms with Crippen molar-refractivity contribution in [3.63, 3.8) is 0 Å². The first-order valence-electron chi connectivity index (χ1n) is 6.14. The number of nitrogens with one attached hydrogen (secondary N) is 1. The number of benzene rings is 1. The topological polar surface area (TPSA) is 21.3 Å². The van der Waals surface area contributed by atoms with E-state index in [1.807, 2.05) is 19.2 Å². The van der Waals surface area contributed by atoms with Crippen LogP contribution in [0.3, 0.4) is 0 Å². The van der Waals surface area contributed by atoms with E-state index in [0.29, 0.717) is 6.42 Å². The summed E-state index contributed by atoms with van der Waals surface area (Å²) in [7, 11) is 1.86. The normalized spacial score (nSPS) is 13.2. The number of halogens is 4. The summed E-state index contributed by atoms with van der Waals surface area (Å²) in [6, 6.07) is 10.1.